The fourth-order valence-electron chi connectivity index (χ4n) is 1.79. The number of halogens is 1. The number of rotatable bonds is 8. The minimum atomic E-state index is 0.124. The van der Waals surface area contributed by atoms with Crippen molar-refractivity contribution >= 4 is 15.9 Å². The fourth-order valence-corrected chi connectivity index (χ4v) is 1.91. The molecule has 0 spiro atoms. The highest BCUT2D eigenvalue weighted by Crippen LogP contribution is 2.39. The maximum Gasteiger partial charge on any atom is 0.203 e. The maximum absolute atomic E-state index is 5.99. The average molecular weight is 344 g/mol. The summed E-state index contributed by atoms with van der Waals surface area (Å²) in [4.78, 5) is 0. The van der Waals surface area contributed by atoms with Gasteiger partial charge in [0, 0.05) is 10.5 Å². The van der Waals surface area contributed by atoms with Crippen LogP contribution in [0, 0.1) is 0 Å². The molecule has 1 rings (SSSR count). The van der Waals surface area contributed by atoms with Gasteiger partial charge in [-0.25, -0.2) is 0 Å². The molecule has 0 bridgehead atoms. The minimum Gasteiger partial charge on any atom is -0.493 e. The van der Waals surface area contributed by atoms with E-state index >= 15 is 0 Å². The molecule has 1 unspecified atom stereocenters. The third-order valence-corrected chi connectivity index (χ3v) is 3.14. The number of nitrogens with two attached hydrogens (primary N) is 1. The monoisotopic (exact) mass is 343 g/mol. The third kappa shape index (κ3) is 4.72. The molecule has 1 aromatic carbocycles. The summed E-state index contributed by atoms with van der Waals surface area (Å²) in [6, 6.07) is 3.99. The normalized spacial score (nSPS) is 11.8. The zero-order valence-corrected chi connectivity index (χ0v) is 13.8. The van der Waals surface area contributed by atoms with Crippen LogP contribution in [0.2, 0.25) is 0 Å². The molecular weight excluding hydrogens is 322 g/mol. The van der Waals surface area contributed by atoms with Crippen LogP contribution in [0.4, 0.5) is 0 Å². The number of hydrogen-bond acceptors (Lipinski definition) is 4. The van der Waals surface area contributed by atoms with Gasteiger partial charge in [-0.15, -0.1) is 0 Å². The largest absolute Gasteiger partial charge is 0.493 e. The van der Waals surface area contributed by atoms with Gasteiger partial charge in [0.1, 0.15) is 6.61 Å². The van der Waals surface area contributed by atoms with Gasteiger partial charge < -0.3 is 19.9 Å². The minimum absolute atomic E-state index is 0.124. The molecule has 0 aliphatic rings. The van der Waals surface area contributed by atoms with Gasteiger partial charge in [0.05, 0.1) is 14.2 Å². The summed E-state index contributed by atoms with van der Waals surface area (Å²) in [6.45, 7) is 6.16. The quantitative estimate of drug-likeness (QED) is 0.786. The molecule has 0 radical (unpaired) electrons. The zero-order valence-electron chi connectivity index (χ0n) is 12.2. The first-order valence-electron chi connectivity index (χ1n) is 6.48. The van der Waals surface area contributed by atoms with Crippen molar-refractivity contribution in [3.05, 3.63) is 28.8 Å². The number of benzene rings is 1. The summed E-state index contributed by atoms with van der Waals surface area (Å²) in [7, 11) is 3.21. The second kappa shape index (κ2) is 8.17. The van der Waals surface area contributed by atoms with Crippen LogP contribution >= 0.6 is 15.9 Å². The van der Waals surface area contributed by atoms with E-state index in [1.54, 1.807) is 14.2 Å². The lowest BCUT2D eigenvalue weighted by atomic mass is 10.0. The van der Waals surface area contributed by atoms with Crippen LogP contribution in [-0.4, -0.2) is 26.9 Å². The van der Waals surface area contributed by atoms with E-state index in [4.69, 9.17) is 19.9 Å². The molecule has 5 heteroatoms. The van der Waals surface area contributed by atoms with Crippen molar-refractivity contribution < 1.29 is 14.2 Å². The lowest BCUT2D eigenvalue weighted by molar-refractivity contribution is 0.299. The van der Waals surface area contributed by atoms with Gasteiger partial charge in [0.25, 0.3) is 0 Å². The Morgan fingerprint density at radius 3 is 2.25 bits per heavy atom. The maximum atomic E-state index is 5.99. The van der Waals surface area contributed by atoms with Crippen molar-refractivity contribution in [3.63, 3.8) is 0 Å². The van der Waals surface area contributed by atoms with Crippen molar-refractivity contribution in [2.24, 2.45) is 5.73 Å². The van der Waals surface area contributed by atoms with Crippen LogP contribution in [0.15, 0.2) is 23.2 Å². The molecule has 112 valence electrons. The van der Waals surface area contributed by atoms with E-state index in [1.165, 1.54) is 0 Å². The van der Waals surface area contributed by atoms with Crippen molar-refractivity contribution in [1.82, 2.24) is 0 Å². The van der Waals surface area contributed by atoms with Crippen molar-refractivity contribution in [2.75, 3.05) is 20.8 Å². The van der Waals surface area contributed by atoms with Crippen LogP contribution in [0.1, 0.15) is 18.9 Å². The van der Waals surface area contributed by atoms with E-state index in [0.717, 1.165) is 22.9 Å². The Labute approximate surface area is 129 Å². The van der Waals surface area contributed by atoms with E-state index in [2.05, 4.69) is 29.4 Å². The average Bonchev–Trinajstić information content (AvgIpc) is 2.44. The van der Waals surface area contributed by atoms with E-state index in [9.17, 15) is 0 Å². The summed E-state index contributed by atoms with van der Waals surface area (Å²) in [5.41, 5.74) is 7.06. The Hall–Kier alpha value is -1.20. The summed E-state index contributed by atoms with van der Waals surface area (Å²) < 4.78 is 17.2. The molecule has 0 amide bonds. The molecule has 0 aliphatic carbocycles. The second-order valence-electron chi connectivity index (χ2n) is 4.51. The Balaban J connectivity index is 3.07. The molecule has 0 saturated carbocycles. The summed E-state index contributed by atoms with van der Waals surface area (Å²) in [5, 5.41) is 0. The molecule has 1 atom stereocenters. The number of ether oxygens (including phenoxy) is 3. The lowest BCUT2D eigenvalue weighted by Crippen LogP contribution is -2.21. The molecular formula is C15H22BrNO3. The molecule has 0 fully saturated rings. The predicted octanol–water partition coefficient (Wildman–Crippen LogP) is 3.27. The number of methoxy groups -OCH3 is 2. The first-order valence-corrected chi connectivity index (χ1v) is 7.27. The SMILES string of the molecule is C=C(Br)COc1c(OC)cc(CC(N)CC)cc1OC. The van der Waals surface area contributed by atoms with Gasteiger partial charge in [0.15, 0.2) is 11.5 Å². The molecule has 0 heterocycles. The van der Waals surface area contributed by atoms with Gasteiger partial charge in [-0.3, -0.25) is 0 Å². The van der Waals surface area contributed by atoms with Gasteiger partial charge in [-0.05, 0) is 30.5 Å². The van der Waals surface area contributed by atoms with E-state index in [0.29, 0.717) is 23.9 Å². The smallest absolute Gasteiger partial charge is 0.203 e. The first-order chi connectivity index (χ1) is 9.51. The van der Waals surface area contributed by atoms with Crippen molar-refractivity contribution in [3.8, 4) is 17.2 Å². The fraction of sp³-hybridized carbons (Fsp3) is 0.467. The molecule has 0 aromatic heterocycles. The Kier molecular flexibility index (Phi) is 6.88. The highest BCUT2D eigenvalue weighted by molar-refractivity contribution is 9.11. The van der Waals surface area contributed by atoms with Crippen LogP contribution in [0.25, 0.3) is 0 Å². The Morgan fingerprint density at radius 2 is 1.85 bits per heavy atom. The summed E-state index contributed by atoms with van der Waals surface area (Å²) >= 11 is 3.26. The molecule has 0 saturated heterocycles. The molecule has 2 N–H and O–H groups in total. The highest BCUT2D eigenvalue weighted by Gasteiger charge is 2.15. The van der Waals surface area contributed by atoms with E-state index in [1.807, 2.05) is 12.1 Å². The van der Waals surface area contributed by atoms with Gasteiger partial charge in [-0.2, -0.15) is 0 Å². The standard InChI is InChI=1S/C15H22BrNO3/c1-5-12(17)6-11-7-13(18-3)15(14(8-11)19-4)20-9-10(2)16/h7-8,12H,2,5-6,9,17H2,1,3-4H3. The van der Waals surface area contributed by atoms with Gasteiger partial charge in [0.2, 0.25) is 5.75 Å². The summed E-state index contributed by atoms with van der Waals surface area (Å²) in [5.74, 6) is 1.84. The zero-order chi connectivity index (χ0) is 15.1. The number of hydrogen-bond donors (Lipinski definition) is 1. The molecule has 20 heavy (non-hydrogen) atoms. The lowest BCUT2D eigenvalue weighted by Gasteiger charge is -2.17. The Bertz CT molecular complexity index is 437. The van der Waals surface area contributed by atoms with Crippen LogP contribution in [0.5, 0.6) is 17.2 Å². The second-order valence-corrected chi connectivity index (χ2v) is 5.63. The van der Waals surface area contributed by atoms with Crippen LogP contribution in [0.3, 0.4) is 0 Å². The third-order valence-electron chi connectivity index (χ3n) is 2.92. The molecule has 4 nitrogen and oxygen atoms in total. The van der Waals surface area contributed by atoms with E-state index < -0.39 is 0 Å². The van der Waals surface area contributed by atoms with Crippen molar-refractivity contribution in [2.45, 2.75) is 25.8 Å². The molecule has 0 aliphatic heterocycles. The summed E-state index contributed by atoms with van der Waals surface area (Å²) in [6.07, 6.45) is 1.70. The Morgan fingerprint density at radius 1 is 1.30 bits per heavy atom. The first kappa shape index (κ1) is 16.9. The topological polar surface area (TPSA) is 53.7 Å². The van der Waals surface area contributed by atoms with Gasteiger partial charge in [-0.1, -0.05) is 29.4 Å². The van der Waals surface area contributed by atoms with Crippen LogP contribution in [-0.2, 0) is 6.42 Å². The van der Waals surface area contributed by atoms with Crippen LogP contribution < -0.4 is 19.9 Å². The van der Waals surface area contributed by atoms with Crippen molar-refractivity contribution in [1.29, 1.82) is 0 Å². The highest BCUT2D eigenvalue weighted by atomic mass is 79.9. The predicted molar refractivity (Wildman–Crippen MR) is 85.1 cm³/mol. The van der Waals surface area contributed by atoms with Gasteiger partial charge >= 0.3 is 0 Å². The van der Waals surface area contributed by atoms with E-state index in [-0.39, 0.29) is 6.04 Å². The molecule has 1 aromatic rings.